The topological polar surface area (TPSA) is 57.5 Å². The Kier molecular flexibility index (Phi) is 7.03. The molecular formula is C21H31FN6. The minimum absolute atomic E-state index is 0.242. The first-order valence-electron chi connectivity index (χ1n) is 10.1. The summed E-state index contributed by atoms with van der Waals surface area (Å²) in [6.45, 7) is 7.53. The number of piperidine rings is 1. The summed E-state index contributed by atoms with van der Waals surface area (Å²) in [6, 6.07) is 9.41. The third-order valence-corrected chi connectivity index (χ3v) is 5.23. The fraction of sp³-hybridized carbons (Fsp3) is 0.524. The van der Waals surface area contributed by atoms with Gasteiger partial charge in [-0.3, -0.25) is 4.99 Å². The number of nitrogens with zero attached hydrogens (tertiary/aromatic N) is 4. The van der Waals surface area contributed by atoms with Gasteiger partial charge in [-0.2, -0.15) is 5.10 Å². The van der Waals surface area contributed by atoms with Gasteiger partial charge in [0, 0.05) is 51.4 Å². The molecule has 0 aliphatic carbocycles. The van der Waals surface area contributed by atoms with Crippen molar-refractivity contribution in [3.63, 3.8) is 0 Å². The fourth-order valence-electron chi connectivity index (χ4n) is 3.49. The van der Waals surface area contributed by atoms with Crippen molar-refractivity contribution in [3.05, 3.63) is 48.0 Å². The van der Waals surface area contributed by atoms with Crippen LogP contribution in [0.5, 0.6) is 0 Å². The van der Waals surface area contributed by atoms with Crippen LogP contribution in [0, 0.1) is 5.82 Å². The molecule has 0 saturated carbocycles. The SMILES string of the molecule is CN=C(NCCc1ccn(-c2ccc(F)cc2)n1)NC1CCN(C(C)C)CC1. The number of rotatable bonds is 6. The molecule has 152 valence electrons. The van der Waals surface area contributed by atoms with Gasteiger partial charge in [0.1, 0.15) is 5.82 Å². The Balaban J connectivity index is 1.43. The van der Waals surface area contributed by atoms with Crippen LogP contribution in [0.1, 0.15) is 32.4 Å². The molecule has 0 atom stereocenters. The van der Waals surface area contributed by atoms with Gasteiger partial charge in [-0.25, -0.2) is 9.07 Å². The van der Waals surface area contributed by atoms with E-state index in [1.54, 1.807) is 16.8 Å². The van der Waals surface area contributed by atoms with Crippen molar-refractivity contribution in [1.29, 1.82) is 0 Å². The average molecular weight is 387 g/mol. The molecule has 28 heavy (non-hydrogen) atoms. The Morgan fingerprint density at radius 3 is 2.57 bits per heavy atom. The van der Waals surface area contributed by atoms with Gasteiger partial charge in [-0.05, 0) is 57.0 Å². The molecule has 3 rings (SSSR count). The van der Waals surface area contributed by atoms with Gasteiger partial charge >= 0.3 is 0 Å². The van der Waals surface area contributed by atoms with Crippen molar-refractivity contribution >= 4 is 5.96 Å². The van der Waals surface area contributed by atoms with Gasteiger partial charge < -0.3 is 15.5 Å². The second-order valence-corrected chi connectivity index (χ2v) is 7.53. The number of benzene rings is 1. The van der Waals surface area contributed by atoms with Crippen molar-refractivity contribution in [3.8, 4) is 5.69 Å². The number of guanidine groups is 1. The third-order valence-electron chi connectivity index (χ3n) is 5.23. The molecule has 1 aromatic heterocycles. The van der Waals surface area contributed by atoms with Crippen LogP contribution < -0.4 is 10.6 Å². The van der Waals surface area contributed by atoms with E-state index >= 15 is 0 Å². The molecule has 1 fully saturated rings. The van der Waals surface area contributed by atoms with Crippen LogP contribution in [-0.4, -0.2) is 59.4 Å². The summed E-state index contributed by atoms with van der Waals surface area (Å²) in [7, 11) is 1.81. The highest BCUT2D eigenvalue weighted by atomic mass is 19.1. The van der Waals surface area contributed by atoms with E-state index in [1.807, 2.05) is 19.3 Å². The van der Waals surface area contributed by atoms with Crippen LogP contribution in [-0.2, 0) is 6.42 Å². The molecule has 0 bridgehead atoms. The molecule has 0 amide bonds. The van der Waals surface area contributed by atoms with Crippen LogP contribution in [0.3, 0.4) is 0 Å². The summed E-state index contributed by atoms with van der Waals surface area (Å²) < 4.78 is 14.8. The molecular weight excluding hydrogens is 355 g/mol. The summed E-state index contributed by atoms with van der Waals surface area (Å²) in [5.41, 5.74) is 1.84. The van der Waals surface area contributed by atoms with E-state index in [0.29, 0.717) is 12.1 Å². The van der Waals surface area contributed by atoms with Gasteiger partial charge in [0.25, 0.3) is 0 Å². The Hall–Kier alpha value is -2.41. The van der Waals surface area contributed by atoms with E-state index in [9.17, 15) is 4.39 Å². The Bertz CT molecular complexity index is 759. The van der Waals surface area contributed by atoms with E-state index in [0.717, 1.165) is 56.2 Å². The first-order chi connectivity index (χ1) is 13.5. The molecule has 1 aromatic carbocycles. The van der Waals surface area contributed by atoms with Crippen LogP contribution in [0.25, 0.3) is 5.69 Å². The zero-order valence-corrected chi connectivity index (χ0v) is 17.0. The molecule has 1 aliphatic heterocycles. The standard InChI is InChI=1S/C21H31FN6/c1-16(2)27-13-9-18(10-14-27)25-21(23-3)24-12-8-19-11-15-28(26-19)20-6-4-17(22)5-7-20/h4-7,11,15-16,18H,8-10,12-14H2,1-3H3,(H2,23,24,25). The smallest absolute Gasteiger partial charge is 0.191 e. The quantitative estimate of drug-likeness (QED) is 0.592. The minimum Gasteiger partial charge on any atom is -0.356 e. The summed E-state index contributed by atoms with van der Waals surface area (Å²) in [5, 5.41) is 11.5. The third kappa shape index (κ3) is 5.55. The van der Waals surface area contributed by atoms with Gasteiger partial charge in [0.15, 0.2) is 5.96 Å². The fourth-order valence-corrected chi connectivity index (χ4v) is 3.49. The molecule has 2 N–H and O–H groups in total. The maximum atomic E-state index is 13.0. The lowest BCUT2D eigenvalue weighted by atomic mass is 10.0. The summed E-state index contributed by atoms with van der Waals surface area (Å²) in [6.07, 6.45) is 4.97. The molecule has 1 aliphatic rings. The number of halogens is 1. The predicted octanol–water partition coefficient (Wildman–Crippen LogP) is 2.59. The average Bonchev–Trinajstić information content (AvgIpc) is 3.17. The lowest BCUT2D eigenvalue weighted by Crippen LogP contribution is -2.50. The van der Waals surface area contributed by atoms with Crippen LogP contribution in [0.2, 0.25) is 0 Å². The summed E-state index contributed by atoms with van der Waals surface area (Å²) >= 11 is 0. The molecule has 7 heteroatoms. The van der Waals surface area contributed by atoms with Crippen molar-refractivity contribution in [1.82, 2.24) is 25.3 Å². The van der Waals surface area contributed by atoms with E-state index in [4.69, 9.17) is 0 Å². The predicted molar refractivity (Wildman–Crippen MR) is 111 cm³/mol. The van der Waals surface area contributed by atoms with Gasteiger partial charge in [-0.15, -0.1) is 0 Å². The van der Waals surface area contributed by atoms with Crippen molar-refractivity contribution in [2.24, 2.45) is 4.99 Å². The maximum Gasteiger partial charge on any atom is 0.191 e. The lowest BCUT2D eigenvalue weighted by Gasteiger charge is -2.35. The highest BCUT2D eigenvalue weighted by Crippen LogP contribution is 2.13. The molecule has 2 heterocycles. The number of aromatic nitrogens is 2. The normalized spacial score (nSPS) is 16.5. The molecule has 0 radical (unpaired) electrons. The van der Waals surface area contributed by atoms with E-state index in [2.05, 4.69) is 39.5 Å². The Morgan fingerprint density at radius 1 is 1.21 bits per heavy atom. The van der Waals surface area contributed by atoms with Gasteiger partial charge in [0.2, 0.25) is 0 Å². The van der Waals surface area contributed by atoms with Crippen molar-refractivity contribution < 1.29 is 4.39 Å². The molecule has 0 unspecified atom stereocenters. The highest BCUT2D eigenvalue weighted by molar-refractivity contribution is 5.79. The van der Waals surface area contributed by atoms with E-state index in [-0.39, 0.29) is 5.82 Å². The number of hydrogen-bond donors (Lipinski definition) is 2. The Labute approximate surface area is 166 Å². The second-order valence-electron chi connectivity index (χ2n) is 7.53. The van der Waals surface area contributed by atoms with Gasteiger partial charge in [-0.1, -0.05) is 0 Å². The monoisotopic (exact) mass is 386 g/mol. The second kappa shape index (κ2) is 9.68. The first-order valence-corrected chi connectivity index (χ1v) is 10.1. The zero-order chi connectivity index (χ0) is 19.9. The van der Waals surface area contributed by atoms with Crippen LogP contribution in [0.15, 0.2) is 41.5 Å². The van der Waals surface area contributed by atoms with Crippen molar-refractivity contribution in [2.75, 3.05) is 26.7 Å². The zero-order valence-electron chi connectivity index (χ0n) is 17.0. The van der Waals surface area contributed by atoms with Crippen molar-refractivity contribution in [2.45, 2.75) is 45.2 Å². The molecule has 6 nitrogen and oxygen atoms in total. The Morgan fingerprint density at radius 2 is 1.93 bits per heavy atom. The molecule has 1 saturated heterocycles. The van der Waals surface area contributed by atoms with Crippen LogP contribution >= 0.6 is 0 Å². The molecule has 0 spiro atoms. The lowest BCUT2D eigenvalue weighted by molar-refractivity contribution is 0.167. The van der Waals surface area contributed by atoms with Crippen LogP contribution in [0.4, 0.5) is 4.39 Å². The number of aliphatic imine (C=N–C) groups is 1. The highest BCUT2D eigenvalue weighted by Gasteiger charge is 2.21. The van der Waals surface area contributed by atoms with E-state index in [1.165, 1.54) is 12.1 Å². The summed E-state index contributed by atoms with van der Waals surface area (Å²) in [4.78, 5) is 6.87. The van der Waals surface area contributed by atoms with E-state index < -0.39 is 0 Å². The van der Waals surface area contributed by atoms with Gasteiger partial charge in [0.05, 0.1) is 11.4 Å². The largest absolute Gasteiger partial charge is 0.356 e. The molecule has 2 aromatic rings. The maximum absolute atomic E-state index is 13.0. The summed E-state index contributed by atoms with van der Waals surface area (Å²) in [5.74, 6) is 0.607. The first kappa shape index (κ1) is 20.3. The number of hydrogen-bond acceptors (Lipinski definition) is 3. The minimum atomic E-state index is -0.242. The number of nitrogens with one attached hydrogen (secondary N) is 2. The number of likely N-dealkylation sites (tertiary alicyclic amines) is 1.